The predicted molar refractivity (Wildman–Crippen MR) is 113 cm³/mol. The Bertz CT molecular complexity index is 218. The van der Waals surface area contributed by atoms with Crippen LogP contribution in [-0.4, -0.2) is 0 Å². The molecule has 0 N–H and O–H groups in total. The van der Waals surface area contributed by atoms with Crippen molar-refractivity contribution >= 4 is 0 Å². The lowest BCUT2D eigenvalue weighted by Gasteiger charge is -2.26. The first kappa shape index (κ1) is 24.0. The molecular weight excluding hydrogens is 288 g/mol. The maximum atomic E-state index is 2.51. The molecular formula is C24H50. The van der Waals surface area contributed by atoms with Crippen LogP contribution in [0.3, 0.4) is 0 Å². The molecule has 0 aliphatic rings. The lowest BCUT2D eigenvalue weighted by molar-refractivity contribution is 0.255. The lowest BCUT2D eigenvalue weighted by Crippen LogP contribution is -2.15. The van der Waals surface area contributed by atoms with Gasteiger partial charge in [0.05, 0.1) is 0 Å². The van der Waals surface area contributed by atoms with Crippen LogP contribution in [0.4, 0.5) is 0 Å². The van der Waals surface area contributed by atoms with Crippen LogP contribution < -0.4 is 0 Å². The smallest absolute Gasteiger partial charge is 0.0414 e. The quantitative estimate of drug-likeness (QED) is 0.232. The van der Waals surface area contributed by atoms with E-state index < -0.39 is 0 Å². The van der Waals surface area contributed by atoms with E-state index in [4.69, 9.17) is 0 Å². The van der Waals surface area contributed by atoms with Crippen LogP contribution in [0.15, 0.2) is 0 Å². The van der Waals surface area contributed by atoms with Crippen LogP contribution in [0, 0.1) is 23.7 Å². The first-order valence-electron chi connectivity index (χ1n) is 11.5. The summed E-state index contributed by atoms with van der Waals surface area (Å²) in [5.41, 5.74) is 0. The van der Waals surface area contributed by atoms with Crippen molar-refractivity contribution in [2.75, 3.05) is 0 Å². The van der Waals surface area contributed by atoms with Gasteiger partial charge in [-0.05, 0) is 36.5 Å². The molecule has 0 heteroatoms. The second-order valence-electron chi connectivity index (χ2n) is 9.04. The molecule has 0 saturated heterocycles. The summed E-state index contributed by atoms with van der Waals surface area (Å²) in [4.78, 5) is 0. The number of hydrogen-bond donors (Lipinski definition) is 0. The Balaban J connectivity index is 3.74. The van der Waals surface area contributed by atoms with Crippen molar-refractivity contribution in [3.05, 3.63) is 0 Å². The first-order valence-corrected chi connectivity index (χ1v) is 11.5. The summed E-state index contributed by atoms with van der Waals surface area (Å²) in [5.74, 6) is 3.65. The first-order chi connectivity index (χ1) is 11.5. The van der Waals surface area contributed by atoms with Gasteiger partial charge in [-0.15, -0.1) is 0 Å². The molecule has 0 spiro atoms. The molecule has 0 amide bonds. The van der Waals surface area contributed by atoms with E-state index in [9.17, 15) is 0 Å². The van der Waals surface area contributed by atoms with Crippen molar-refractivity contribution in [1.82, 2.24) is 0 Å². The van der Waals surface area contributed by atoms with E-state index in [0.717, 1.165) is 23.7 Å². The fraction of sp³-hybridized carbons (Fsp3) is 1.00. The Morgan fingerprint density at radius 1 is 0.458 bits per heavy atom. The van der Waals surface area contributed by atoms with Gasteiger partial charge < -0.3 is 0 Å². The standard InChI is InChI=1S/C24H50/c1-7-9-11-13-15-17-21(3)19-23(5)24(6)20-22(4)18-16-14-12-10-8-2/h21-24H,7-20H2,1-6H3. The minimum absolute atomic E-state index is 0.901. The summed E-state index contributed by atoms with van der Waals surface area (Å²) in [7, 11) is 0. The van der Waals surface area contributed by atoms with Crippen LogP contribution in [-0.2, 0) is 0 Å². The average Bonchev–Trinajstić information content (AvgIpc) is 2.54. The van der Waals surface area contributed by atoms with Crippen molar-refractivity contribution in [2.24, 2.45) is 23.7 Å². The summed E-state index contributed by atoms with van der Waals surface area (Å²) < 4.78 is 0. The van der Waals surface area contributed by atoms with Gasteiger partial charge in [-0.25, -0.2) is 0 Å². The highest BCUT2D eigenvalue weighted by atomic mass is 14.2. The van der Waals surface area contributed by atoms with Crippen LogP contribution in [0.5, 0.6) is 0 Å². The second kappa shape index (κ2) is 16.5. The minimum Gasteiger partial charge on any atom is -0.0654 e. The van der Waals surface area contributed by atoms with E-state index in [-0.39, 0.29) is 0 Å². The Morgan fingerprint density at radius 3 is 1.12 bits per heavy atom. The molecule has 0 fully saturated rings. The fourth-order valence-corrected chi connectivity index (χ4v) is 4.16. The van der Waals surface area contributed by atoms with Gasteiger partial charge in [0.2, 0.25) is 0 Å². The van der Waals surface area contributed by atoms with Crippen molar-refractivity contribution in [2.45, 2.75) is 131 Å². The largest absolute Gasteiger partial charge is 0.0654 e. The molecule has 0 bridgehead atoms. The van der Waals surface area contributed by atoms with E-state index in [0.29, 0.717) is 0 Å². The number of hydrogen-bond acceptors (Lipinski definition) is 0. The third-order valence-corrected chi connectivity index (χ3v) is 6.12. The molecule has 0 radical (unpaired) electrons. The Kier molecular flexibility index (Phi) is 16.5. The van der Waals surface area contributed by atoms with E-state index >= 15 is 0 Å². The van der Waals surface area contributed by atoms with Crippen LogP contribution in [0.2, 0.25) is 0 Å². The van der Waals surface area contributed by atoms with Gasteiger partial charge in [0.15, 0.2) is 0 Å². The normalized spacial score (nSPS) is 16.8. The summed E-state index contributed by atoms with van der Waals surface area (Å²) in [6.07, 6.45) is 20.1. The minimum atomic E-state index is 0.901. The monoisotopic (exact) mass is 338 g/mol. The van der Waals surface area contributed by atoms with E-state index in [1.54, 1.807) is 0 Å². The lowest BCUT2D eigenvalue weighted by atomic mass is 9.80. The molecule has 0 nitrogen and oxygen atoms in total. The van der Waals surface area contributed by atoms with E-state index in [1.165, 1.54) is 89.9 Å². The molecule has 0 aromatic heterocycles. The Labute approximate surface area is 155 Å². The molecule has 0 saturated carbocycles. The topological polar surface area (TPSA) is 0 Å². The van der Waals surface area contributed by atoms with Gasteiger partial charge in [-0.3, -0.25) is 0 Å². The van der Waals surface area contributed by atoms with Crippen molar-refractivity contribution in [3.63, 3.8) is 0 Å². The molecule has 0 rings (SSSR count). The van der Waals surface area contributed by atoms with E-state index in [2.05, 4.69) is 41.5 Å². The van der Waals surface area contributed by atoms with Gasteiger partial charge in [-0.2, -0.15) is 0 Å². The molecule has 0 aromatic carbocycles. The molecule has 0 heterocycles. The summed E-state index contributed by atoms with van der Waals surface area (Å²) >= 11 is 0. The zero-order valence-corrected chi connectivity index (χ0v) is 18.2. The highest BCUT2D eigenvalue weighted by Gasteiger charge is 2.17. The molecule has 24 heavy (non-hydrogen) atoms. The molecule has 0 aliphatic carbocycles. The highest BCUT2D eigenvalue weighted by Crippen LogP contribution is 2.29. The van der Waals surface area contributed by atoms with Crippen molar-refractivity contribution in [3.8, 4) is 0 Å². The van der Waals surface area contributed by atoms with Gasteiger partial charge in [0.1, 0.15) is 0 Å². The average molecular weight is 339 g/mol. The number of rotatable bonds is 17. The van der Waals surface area contributed by atoms with Crippen molar-refractivity contribution in [1.29, 1.82) is 0 Å². The zero-order chi connectivity index (χ0) is 18.2. The third kappa shape index (κ3) is 14.4. The van der Waals surface area contributed by atoms with Crippen molar-refractivity contribution < 1.29 is 0 Å². The highest BCUT2D eigenvalue weighted by molar-refractivity contribution is 4.69. The van der Waals surface area contributed by atoms with Gasteiger partial charge >= 0.3 is 0 Å². The molecule has 146 valence electrons. The van der Waals surface area contributed by atoms with Gasteiger partial charge in [0, 0.05) is 0 Å². The second-order valence-corrected chi connectivity index (χ2v) is 9.04. The van der Waals surface area contributed by atoms with Crippen LogP contribution in [0.1, 0.15) is 131 Å². The summed E-state index contributed by atoms with van der Waals surface area (Å²) in [6, 6.07) is 0. The maximum absolute atomic E-state index is 2.51. The fourth-order valence-electron chi connectivity index (χ4n) is 4.16. The Hall–Kier alpha value is 0. The Morgan fingerprint density at radius 2 is 0.792 bits per heavy atom. The SMILES string of the molecule is CCCCCCCC(C)CC(C)C(C)CC(C)CCCCCCC. The molecule has 4 atom stereocenters. The van der Waals surface area contributed by atoms with Crippen LogP contribution >= 0.6 is 0 Å². The third-order valence-electron chi connectivity index (χ3n) is 6.12. The summed E-state index contributed by atoms with van der Waals surface area (Å²) in [5, 5.41) is 0. The predicted octanol–water partition coefficient (Wildman–Crippen LogP) is 9.03. The van der Waals surface area contributed by atoms with Crippen LogP contribution in [0.25, 0.3) is 0 Å². The van der Waals surface area contributed by atoms with Gasteiger partial charge in [0.25, 0.3) is 0 Å². The summed E-state index contributed by atoms with van der Waals surface area (Å²) in [6.45, 7) is 14.6. The molecule has 0 aromatic rings. The van der Waals surface area contributed by atoms with E-state index in [1.807, 2.05) is 0 Å². The van der Waals surface area contributed by atoms with Gasteiger partial charge in [-0.1, -0.05) is 119 Å². The molecule has 0 aliphatic heterocycles. The maximum Gasteiger partial charge on any atom is -0.0414 e. The zero-order valence-electron chi connectivity index (χ0n) is 18.2. The number of unbranched alkanes of at least 4 members (excludes halogenated alkanes) is 8. The molecule has 4 unspecified atom stereocenters.